The molecule has 2 aromatic rings. The largest absolute Gasteiger partial charge is 0.476 e. The summed E-state index contributed by atoms with van der Waals surface area (Å²) in [6.07, 6.45) is 6.81. The molecule has 1 aromatic carbocycles. The summed E-state index contributed by atoms with van der Waals surface area (Å²) in [5.74, 6) is 1.97. The van der Waals surface area contributed by atoms with Crippen LogP contribution in [0.2, 0.25) is 0 Å². The van der Waals surface area contributed by atoms with Crippen molar-refractivity contribution >= 4 is 0 Å². The number of ether oxygens (including phenoxy) is 1. The molecule has 0 atom stereocenters. The topological polar surface area (TPSA) is 38.3 Å². The lowest BCUT2D eigenvalue weighted by Crippen LogP contribution is -2.27. The summed E-state index contributed by atoms with van der Waals surface area (Å²) in [6, 6.07) is 13.0. The first-order chi connectivity index (χ1) is 11.9. The summed E-state index contributed by atoms with van der Waals surface area (Å²) in [5.41, 5.74) is 2.93. The Labute approximate surface area is 143 Å². The minimum atomic E-state index is 0.632. The smallest absolute Gasteiger partial charge is 0.233 e. The third-order valence-corrected chi connectivity index (χ3v) is 5.31. The minimum Gasteiger partial charge on any atom is -0.476 e. The second kappa shape index (κ2) is 7.31. The summed E-state index contributed by atoms with van der Waals surface area (Å²) in [4.78, 5) is 2.55. The van der Waals surface area contributed by atoms with Gasteiger partial charge in [0.05, 0.1) is 6.61 Å². The van der Waals surface area contributed by atoms with Gasteiger partial charge < -0.3 is 4.74 Å². The highest BCUT2D eigenvalue weighted by Gasteiger charge is 2.30. The highest BCUT2D eigenvalue weighted by Crippen LogP contribution is 2.41. The van der Waals surface area contributed by atoms with E-state index in [0.29, 0.717) is 17.7 Å². The maximum Gasteiger partial charge on any atom is 0.233 e. The van der Waals surface area contributed by atoms with Crippen molar-refractivity contribution in [1.82, 2.24) is 15.1 Å². The minimum absolute atomic E-state index is 0.632. The number of rotatable bonds is 6. The molecule has 0 bridgehead atoms. The quantitative estimate of drug-likeness (QED) is 0.813. The van der Waals surface area contributed by atoms with Crippen LogP contribution in [0.5, 0.6) is 5.88 Å². The van der Waals surface area contributed by atoms with Gasteiger partial charge in [0, 0.05) is 18.8 Å². The molecule has 4 rings (SSSR count). The Hall–Kier alpha value is -1.94. The van der Waals surface area contributed by atoms with E-state index in [-0.39, 0.29) is 0 Å². The van der Waals surface area contributed by atoms with Crippen molar-refractivity contribution in [1.29, 1.82) is 0 Å². The Kier molecular flexibility index (Phi) is 4.74. The number of hydrogen-bond acceptors (Lipinski definition) is 4. The standard InChI is InChI=1S/C20H25N3O/c1-2-11-23(10-1)14-16-5-7-18(8-6-16)19-12-17(13-19)15-24-20-4-3-9-21-22-20/h3-9,17,19H,1-2,10-15H2. The Morgan fingerprint density at radius 3 is 2.54 bits per heavy atom. The maximum absolute atomic E-state index is 5.71. The Balaban J connectivity index is 1.23. The molecule has 126 valence electrons. The van der Waals surface area contributed by atoms with Gasteiger partial charge in [-0.05, 0) is 67.8 Å². The molecule has 0 amide bonds. The molecule has 2 fully saturated rings. The molecule has 2 heterocycles. The summed E-state index contributed by atoms with van der Waals surface area (Å²) in [7, 11) is 0. The van der Waals surface area contributed by atoms with E-state index in [4.69, 9.17) is 4.74 Å². The van der Waals surface area contributed by atoms with Crippen molar-refractivity contribution in [3.8, 4) is 5.88 Å². The molecule has 0 unspecified atom stereocenters. The predicted octanol–water partition coefficient (Wildman–Crippen LogP) is 3.65. The number of nitrogens with zero attached hydrogens (tertiary/aromatic N) is 3. The van der Waals surface area contributed by atoms with Crippen molar-refractivity contribution in [2.45, 2.75) is 38.1 Å². The molecule has 4 nitrogen and oxygen atoms in total. The van der Waals surface area contributed by atoms with Crippen LogP contribution in [0, 0.1) is 5.92 Å². The molecule has 4 heteroatoms. The van der Waals surface area contributed by atoms with E-state index >= 15 is 0 Å². The van der Waals surface area contributed by atoms with E-state index in [9.17, 15) is 0 Å². The Morgan fingerprint density at radius 1 is 1.04 bits per heavy atom. The van der Waals surface area contributed by atoms with Crippen molar-refractivity contribution in [3.63, 3.8) is 0 Å². The summed E-state index contributed by atoms with van der Waals surface area (Å²) in [5, 5.41) is 7.80. The summed E-state index contributed by atoms with van der Waals surface area (Å²) >= 11 is 0. The first-order valence-electron chi connectivity index (χ1n) is 9.08. The lowest BCUT2D eigenvalue weighted by atomic mass is 9.72. The number of benzene rings is 1. The zero-order valence-electron chi connectivity index (χ0n) is 14.1. The van der Waals surface area contributed by atoms with Crippen LogP contribution < -0.4 is 4.74 Å². The van der Waals surface area contributed by atoms with Crippen LogP contribution in [0.3, 0.4) is 0 Å². The second-order valence-electron chi connectivity index (χ2n) is 7.13. The molecule has 1 saturated carbocycles. The molecule has 1 aromatic heterocycles. The molecular weight excluding hydrogens is 298 g/mol. The van der Waals surface area contributed by atoms with E-state index in [0.717, 1.165) is 13.2 Å². The Morgan fingerprint density at radius 2 is 1.83 bits per heavy atom. The van der Waals surface area contributed by atoms with E-state index < -0.39 is 0 Å². The van der Waals surface area contributed by atoms with Crippen LogP contribution in [0.1, 0.15) is 42.7 Å². The molecule has 0 N–H and O–H groups in total. The number of aromatic nitrogens is 2. The first-order valence-corrected chi connectivity index (χ1v) is 9.08. The van der Waals surface area contributed by atoms with E-state index in [2.05, 4.69) is 39.4 Å². The highest BCUT2D eigenvalue weighted by atomic mass is 16.5. The molecule has 0 radical (unpaired) electrons. The molecule has 2 aliphatic rings. The molecule has 24 heavy (non-hydrogen) atoms. The zero-order chi connectivity index (χ0) is 16.2. The normalized spacial score (nSPS) is 23.8. The fourth-order valence-electron chi connectivity index (χ4n) is 3.81. The van der Waals surface area contributed by atoms with E-state index in [1.54, 1.807) is 6.20 Å². The number of likely N-dealkylation sites (tertiary alicyclic amines) is 1. The predicted molar refractivity (Wildman–Crippen MR) is 93.9 cm³/mol. The lowest BCUT2D eigenvalue weighted by molar-refractivity contribution is 0.153. The molecule has 0 spiro atoms. The maximum atomic E-state index is 5.71. The Bertz CT molecular complexity index is 632. The van der Waals surface area contributed by atoms with E-state index in [1.807, 2.05) is 12.1 Å². The van der Waals surface area contributed by atoms with Gasteiger partial charge in [0.15, 0.2) is 0 Å². The fourth-order valence-corrected chi connectivity index (χ4v) is 3.81. The zero-order valence-corrected chi connectivity index (χ0v) is 14.1. The van der Waals surface area contributed by atoms with Crippen LogP contribution in [0.4, 0.5) is 0 Å². The molecule has 1 aliphatic heterocycles. The van der Waals surface area contributed by atoms with Gasteiger partial charge in [0.2, 0.25) is 5.88 Å². The van der Waals surface area contributed by atoms with Crippen LogP contribution in [-0.2, 0) is 6.54 Å². The SMILES string of the molecule is c1cnnc(OCC2CC(c3ccc(CN4CCCC4)cc3)C2)c1. The van der Waals surface area contributed by atoms with Gasteiger partial charge in [-0.3, -0.25) is 4.90 Å². The van der Waals surface area contributed by atoms with Crippen LogP contribution in [-0.4, -0.2) is 34.8 Å². The summed E-state index contributed by atoms with van der Waals surface area (Å²) in [6.45, 7) is 4.39. The van der Waals surface area contributed by atoms with Crippen molar-refractivity contribution < 1.29 is 4.74 Å². The van der Waals surface area contributed by atoms with Gasteiger partial charge in [0.1, 0.15) is 0 Å². The van der Waals surface area contributed by atoms with Crippen molar-refractivity contribution in [2.75, 3.05) is 19.7 Å². The average Bonchev–Trinajstić information content (AvgIpc) is 3.09. The molecular formula is C20H25N3O. The third kappa shape index (κ3) is 3.75. The molecule has 1 aliphatic carbocycles. The molecule has 1 saturated heterocycles. The number of hydrogen-bond donors (Lipinski definition) is 0. The van der Waals surface area contributed by atoms with Crippen LogP contribution in [0.15, 0.2) is 42.6 Å². The van der Waals surface area contributed by atoms with Gasteiger partial charge >= 0.3 is 0 Å². The third-order valence-electron chi connectivity index (χ3n) is 5.31. The summed E-state index contributed by atoms with van der Waals surface area (Å²) < 4.78 is 5.71. The van der Waals surface area contributed by atoms with Gasteiger partial charge in [-0.25, -0.2) is 0 Å². The van der Waals surface area contributed by atoms with E-state index in [1.165, 1.54) is 49.9 Å². The monoisotopic (exact) mass is 323 g/mol. The van der Waals surface area contributed by atoms with Gasteiger partial charge in [-0.2, -0.15) is 5.10 Å². The average molecular weight is 323 g/mol. The van der Waals surface area contributed by atoms with Gasteiger partial charge in [0.25, 0.3) is 0 Å². The fraction of sp³-hybridized carbons (Fsp3) is 0.500. The van der Waals surface area contributed by atoms with Crippen LogP contribution in [0.25, 0.3) is 0 Å². The second-order valence-corrected chi connectivity index (χ2v) is 7.13. The highest BCUT2D eigenvalue weighted by molar-refractivity contribution is 5.27. The van der Waals surface area contributed by atoms with Crippen molar-refractivity contribution in [3.05, 3.63) is 53.7 Å². The first kappa shape index (κ1) is 15.6. The van der Waals surface area contributed by atoms with Gasteiger partial charge in [-0.15, -0.1) is 5.10 Å². The van der Waals surface area contributed by atoms with Gasteiger partial charge in [-0.1, -0.05) is 24.3 Å². The van der Waals surface area contributed by atoms with Crippen LogP contribution >= 0.6 is 0 Å². The lowest BCUT2D eigenvalue weighted by Gasteiger charge is -2.35. The van der Waals surface area contributed by atoms with Crippen molar-refractivity contribution in [2.24, 2.45) is 5.92 Å².